The summed E-state index contributed by atoms with van der Waals surface area (Å²) in [7, 11) is 1.99. The molecule has 19 heavy (non-hydrogen) atoms. The summed E-state index contributed by atoms with van der Waals surface area (Å²) in [5, 5.41) is 14.3. The van der Waals surface area contributed by atoms with Crippen molar-refractivity contribution in [3.63, 3.8) is 0 Å². The third-order valence-electron chi connectivity index (χ3n) is 4.38. The molecule has 3 heteroatoms. The molecule has 1 unspecified atom stereocenters. The highest BCUT2D eigenvalue weighted by atomic mass is 35.5. The molecule has 1 aliphatic carbocycles. The van der Waals surface area contributed by atoms with E-state index in [-0.39, 0.29) is 5.41 Å². The van der Waals surface area contributed by atoms with E-state index < -0.39 is 5.60 Å². The van der Waals surface area contributed by atoms with Crippen LogP contribution in [0.25, 0.3) is 0 Å². The molecule has 0 bridgehead atoms. The standard InChI is InChI=1S/C16H24ClNO/c1-15(2,19)11-14(18-3)16(9-4-10-16)12-5-7-13(17)8-6-12/h5-8,14,18-19H,4,9-11H2,1-3H3. The molecule has 0 saturated heterocycles. The number of halogens is 1. The molecule has 1 saturated carbocycles. The van der Waals surface area contributed by atoms with E-state index in [0.717, 1.165) is 11.4 Å². The molecule has 0 aromatic heterocycles. The molecule has 2 rings (SSSR count). The van der Waals surface area contributed by atoms with Gasteiger partial charge >= 0.3 is 0 Å². The number of aliphatic hydroxyl groups is 1. The molecule has 106 valence electrons. The zero-order chi connectivity index (χ0) is 14.1. The molecule has 2 N–H and O–H groups in total. The largest absolute Gasteiger partial charge is 0.390 e. The van der Waals surface area contributed by atoms with Gasteiger partial charge in [0.15, 0.2) is 0 Å². The van der Waals surface area contributed by atoms with Crippen molar-refractivity contribution >= 4 is 11.6 Å². The van der Waals surface area contributed by atoms with Crippen LogP contribution in [0.5, 0.6) is 0 Å². The molecule has 1 atom stereocenters. The van der Waals surface area contributed by atoms with E-state index in [1.165, 1.54) is 24.8 Å². The average molecular weight is 282 g/mol. The van der Waals surface area contributed by atoms with Crippen LogP contribution in [0.2, 0.25) is 5.02 Å². The third-order valence-corrected chi connectivity index (χ3v) is 4.64. The molecule has 2 nitrogen and oxygen atoms in total. The van der Waals surface area contributed by atoms with Gasteiger partial charge in [-0.05, 0) is 57.9 Å². The summed E-state index contributed by atoms with van der Waals surface area (Å²) in [6, 6.07) is 8.50. The maximum absolute atomic E-state index is 10.1. The van der Waals surface area contributed by atoms with Crippen LogP contribution in [-0.2, 0) is 5.41 Å². The molecule has 0 amide bonds. The molecule has 0 aliphatic heterocycles. The van der Waals surface area contributed by atoms with Crippen molar-refractivity contribution in [3.8, 4) is 0 Å². The Balaban J connectivity index is 2.28. The zero-order valence-electron chi connectivity index (χ0n) is 12.0. The van der Waals surface area contributed by atoms with E-state index in [4.69, 9.17) is 11.6 Å². The lowest BCUT2D eigenvalue weighted by atomic mass is 9.58. The smallest absolute Gasteiger partial charge is 0.0606 e. The van der Waals surface area contributed by atoms with Gasteiger partial charge in [0.2, 0.25) is 0 Å². The molecular weight excluding hydrogens is 258 g/mol. The number of benzene rings is 1. The summed E-state index contributed by atoms with van der Waals surface area (Å²) in [5.41, 5.74) is 0.842. The van der Waals surface area contributed by atoms with Crippen molar-refractivity contribution < 1.29 is 5.11 Å². The highest BCUT2D eigenvalue weighted by Gasteiger charge is 2.46. The first kappa shape index (κ1) is 14.8. The van der Waals surface area contributed by atoms with Crippen LogP contribution in [-0.4, -0.2) is 23.8 Å². The molecular formula is C16H24ClNO. The van der Waals surface area contributed by atoms with Crippen LogP contribution >= 0.6 is 11.6 Å². The summed E-state index contributed by atoms with van der Waals surface area (Å²) in [6.45, 7) is 3.76. The van der Waals surface area contributed by atoms with Gasteiger partial charge in [0.1, 0.15) is 0 Å². The minimum absolute atomic E-state index is 0.152. The quantitative estimate of drug-likeness (QED) is 0.866. The van der Waals surface area contributed by atoms with Gasteiger partial charge in [-0.3, -0.25) is 0 Å². The Labute approximate surface area is 121 Å². The lowest BCUT2D eigenvalue weighted by molar-refractivity contribution is 0.0337. The number of likely N-dealkylation sites (N-methyl/N-ethyl adjacent to an activating group) is 1. The van der Waals surface area contributed by atoms with E-state index in [9.17, 15) is 5.11 Å². The summed E-state index contributed by atoms with van der Waals surface area (Å²) in [5.74, 6) is 0. The lowest BCUT2D eigenvalue weighted by Crippen LogP contribution is -2.54. The SMILES string of the molecule is CNC(CC(C)(C)O)C1(c2ccc(Cl)cc2)CCC1. The predicted octanol–water partition coefficient (Wildman–Crippen LogP) is 3.51. The van der Waals surface area contributed by atoms with Crippen molar-refractivity contribution in [1.82, 2.24) is 5.32 Å². The maximum Gasteiger partial charge on any atom is 0.0606 e. The number of hydrogen-bond acceptors (Lipinski definition) is 2. The Bertz CT molecular complexity index is 417. The average Bonchev–Trinajstić information content (AvgIpc) is 2.27. The van der Waals surface area contributed by atoms with Crippen LogP contribution in [0.4, 0.5) is 0 Å². The third kappa shape index (κ3) is 3.13. The van der Waals surface area contributed by atoms with E-state index in [0.29, 0.717) is 6.04 Å². The normalized spacial score (nSPS) is 19.8. The van der Waals surface area contributed by atoms with Crippen LogP contribution in [0.1, 0.15) is 45.1 Å². The Kier molecular flexibility index (Phi) is 4.24. The second-order valence-corrected chi connectivity index (χ2v) is 6.81. The van der Waals surface area contributed by atoms with Crippen LogP contribution in [0.3, 0.4) is 0 Å². The topological polar surface area (TPSA) is 32.3 Å². The van der Waals surface area contributed by atoms with Crippen molar-refractivity contribution in [2.75, 3.05) is 7.05 Å². The minimum atomic E-state index is -0.650. The highest BCUT2D eigenvalue weighted by molar-refractivity contribution is 6.30. The van der Waals surface area contributed by atoms with Crippen LogP contribution in [0, 0.1) is 0 Å². The number of rotatable bonds is 5. The zero-order valence-corrected chi connectivity index (χ0v) is 12.8. The van der Waals surface area contributed by atoms with Gasteiger partial charge in [-0.25, -0.2) is 0 Å². The summed E-state index contributed by atoms with van der Waals surface area (Å²) in [4.78, 5) is 0. The van der Waals surface area contributed by atoms with E-state index in [1.54, 1.807) is 0 Å². The van der Waals surface area contributed by atoms with E-state index >= 15 is 0 Å². The first-order chi connectivity index (χ1) is 8.87. The Morgan fingerprint density at radius 3 is 2.26 bits per heavy atom. The summed E-state index contributed by atoms with van der Waals surface area (Å²) >= 11 is 5.99. The van der Waals surface area contributed by atoms with Gasteiger partial charge in [-0.2, -0.15) is 0 Å². The summed E-state index contributed by atoms with van der Waals surface area (Å²) in [6.07, 6.45) is 4.37. The Hall–Kier alpha value is -0.570. The Morgan fingerprint density at radius 1 is 1.32 bits per heavy atom. The van der Waals surface area contributed by atoms with Gasteiger partial charge in [0.25, 0.3) is 0 Å². The van der Waals surface area contributed by atoms with Crippen molar-refractivity contribution in [3.05, 3.63) is 34.9 Å². The van der Waals surface area contributed by atoms with E-state index in [2.05, 4.69) is 17.4 Å². The first-order valence-corrected chi connectivity index (χ1v) is 7.41. The second kappa shape index (κ2) is 5.43. The van der Waals surface area contributed by atoms with Gasteiger partial charge < -0.3 is 10.4 Å². The maximum atomic E-state index is 10.1. The molecule has 1 aromatic rings. The van der Waals surface area contributed by atoms with Gasteiger partial charge in [0, 0.05) is 16.5 Å². The van der Waals surface area contributed by atoms with E-state index in [1.807, 2.05) is 33.0 Å². The van der Waals surface area contributed by atoms with Gasteiger partial charge in [-0.1, -0.05) is 30.2 Å². The summed E-state index contributed by atoms with van der Waals surface area (Å²) < 4.78 is 0. The first-order valence-electron chi connectivity index (χ1n) is 7.03. The van der Waals surface area contributed by atoms with Crippen molar-refractivity contribution in [2.45, 2.75) is 56.6 Å². The fourth-order valence-electron chi connectivity index (χ4n) is 3.25. The molecule has 0 spiro atoms. The number of nitrogens with one attached hydrogen (secondary N) is 1. The fourth-order valence-corrected chi connectivity index (χ4v) is 3.38. The fraction of sp³-hybridized carbons (Fsp3) is 0.625. The lowest BCUT2D eigenvalue weighted by Gasteiger charge is -2.49. The molecule has 1 aromatic carbocycles. The highest BCUT2D eigenvalue weighted by Crippen LogP contribution is 2.48. The van der Waals surface area contributed by atoms with Crippen molar-refractivity contribution in [2.24, 2.45) is 0 Å². The predicted molar refractivity (Wildman–Crippen MR) is 80.7 cm³/mol. The number of hydrogen-bond donors (Lipinski definition) is 2. The molecule has 1 fully saturated rings. The minimum Gasteiger partial charge on any atom is -0.390 e. The molecule has 0 radical (unpaired) electrons. The molecule has 1 aliphatic rings. The van der Waals surface area contributed by atoms with Gasteiger partial charge in [0.05, 0.1) is 5.60 Å². The van der Waals surface area contributed by atoms with Crippen LogP contribution in [0.15, 0.2) is 24.3 Å². The Morgan fingerprint density at radius 2 is 1.89 bits per heavy atom. The van der Waals surface area contributed by atoms with Crippen molar-refractivity contribution in [1.29, 1.82) is 0 Å². The van der Waals surface area contributed by atoms with Gasteiger partial charge in [-0.15, -0.1) is 0 Å². The van der Waals surface area contributed by atoms with Crippen LogP contribution < -0.4 is 5.32 Å². The monoisotopic (exact) mass is 281 g/mol. The second-order valence-electron chi connectivity index (χ2n) is 6.37. The molecule has 0 heterocycles.